The summed E-state index contributed by atoms with van der Waals surface area (Å²) < 4.78 is 12.5. The Morgan fingerprint density at radius 3 is 2.81 bits per heavy atom. The van der Waals surface area contributed by atoms with Gasteiger partial charge in [0.1, 0.15) is 18.5 Å². The Hall–Kier alpha value is -3.16. The summed E-state index contributed by atoms with van der Waals surface area (Å²) in [5.74, 6) is 0.614. The largest absolute Gasteiger partial charge is 0.474 e. The standard InChI is InChI=1S/C19H20N4O4/c1-13-20-9-6-17(21-13)26-14-7-10-22(11-8-14)18(24)12-23-15-4-2-3-5-16(15)27-19(23)25/h2-6,9,14H,7-8,10-12H2,1H3. The van der Waals surface area contributed by atoms with Crippen LogP contribution in [0.1, 0.15) is 18.7 Å². The van der Waals surface area contributed by atoms with Crippen LogP contribution in [0.5, 0.6) is 5.88 Å². The van der Waals surface area contributed by atoms with Crippen molar-refractivity contribution >= 4 is 17.0 Å². The molecular formula is C19H20N4O4. The number of oxazole rings is 1. The fourth-order valence-corrected chi connectivity index (χ4v) is 3.29. The van der Waals surface area contributed by atoms with Crippen molar-refractivity contribution in [3.8, 4) is 5.88 Å². The number of hydrogen-bond acceptors (Lipinski definition) is 6. The van der Waals surface area contributed by atoms with Gasteiger partial charge in [0.25, 0.3) is 0 Å². The zero-order valence-electron chi connectivity index (χ0n) is 15.0. The van der Waals surface area contributed by atoms with Gasteiger partial charge >= 0.3 is 5.76 Å². The minimum atomic E-state index is -0.512. The molecule has 0 saturated carbocycles. The van der Waals surface area contributed by atoms with Crippen molar-refractivity contribution in [2.75, 3.05) is 13.1 Å². The first kappa shape index (κ1) is 17.3. The number of carbonyl (C=O) groups excluding carboxylic acids is 1. The van der Waals surface area contributed by atoms with Crippen molar-refractivity contribution in [3.05, 3.63) is 52.9 Å². The minimum Gasteiger partial charge on any atom is -0.474 e. The Kier molecular flexibility index (Phi) is 4.62. The Morgan fingerprint density at radius 1 is 1.26 bits per heavy atom. The molecule has 3 heterocycles. The van der Waals surface area contributed by atoms with Gasteiger partial charge in [-0.1, -0.05) is 12.1 Å². The molecule has 1 aromatic carbocycles. The second-order valence-corrected chi connectivity index (χ2v) is 6.56. The zero-order chi connectivity index (χ0) is 18.8. The molecule has 2 aromatic heterocycles. The van der Waals surface area contributed by atoms with Gasteiger partial charge in [-0.2, -0.15) is 4.98 Å². The molecule has 8 nitrogen and oxygen atoms in total. The summed E-state index contributed by atoms with van der Waals surface area (Å²) in [6.45, 7) is 2.96. The van der Waals surface area contributed by atoms with E-state index in [2.05, 4.69) is 9.97 Å². The van der Waals surface area contributed by atoms with Crippen LogP contribution in [0.3, 0.4) is 0 Å². The van der Waals surface area contributed by atoms with Crippen molar-refractivity contribution in [1.82, 2.24) is 19.4 Å². The summed E-state index contributed by atoms with van der Waals surface area (Å²) in [7, 11) is 0. The highest BCUT2D eigenvalue weighted by molar-refractivity contribution is 5.79. The number of nitrogens with zero attached hydrogens (tertiary/aromatic N) is 4. The van der Waals surface area contributed by atoms with Crippen molar-refractivity contribution < 1.29 is 13.9 Å². The molecule has 4 rings (SSSR count). The summed E-state index contributed by atoms with van der Waals surface area (Å²) in [6, 6.07) is 8.84. The molecule has 8 heteroatoms. The van der Waals surface area contributed by atoms with Gasteiger partial charge in [0.15, 0.2) is 5.58 Å². The van der Waals surface area contributed by atoms with E-state index >= 15 is 0 Å². The highest BCUT2D eigenvalue weighted by Gasteiger charge is 2.25. The van der Waals surface area contributed by atoms with Gasteiger partial charge in [-0.25, -0.2) is 9.78 Å². The Labute approximate surface area is 155 Å². The molecule has 0 spiro atoms. The summed E-state index contributed by atoms with van der Waals surface area (Å²) >= 11 is 0. The minimum absolute atomic E-state index is 0.0147. The summed E-state index contributed by atoms with van der Waals surface area (Å²) in [5, 5.41) is 0. The molecule has 1 aliphatic heterocycles. The lowest BCUT2D eigenvalue weighted by atomic mass is 10.1. The Balaban J connectivity index is 1.37. The highest BCUT2D eigenvalue weighted by Crippen LogP contribution is 2.18. The first-order chi connectivity index (χ1) is 13.1. The van der Waals surface area contributed by atoms with E-state index in [9.17, 15) is 9.59 Å². The van der Waals surface area contributed by atoms with E-state index in [1.807, 2.05) is 13.0 Å². The van der Waals surface area contributed by atoms with Gasteiger partial charge in [-0.05, 0) is 19.1 Å². The molecule has 3 aromatic rings. The van der Waals surface area contributed by atoms with Crippen molar-refractivity contribution in [2.24, 2.45) is 0 Å². The van der Waals surface area contributed by atoms with E-state index in [1.54, 1.807) is 35.4 Å². The highest BCUT2D eigenvalue weighted by atomic mass is 16.5. The lowest BCUT2D eigenvalue weighted by Gasteiger charge is -2.32. The molecule has 1 amide bonds. The van der Waals surface area contributed by atoms with Gasteiger partial charge < -0.3 is 14.1 Å². The van der Waals surface area contributed by atoms with E-state index in [-0.39, 0.29) is 18.6 Å². The number of aromatic nitrogens is 3. The molecule has 0 atom stereocenters. The number of fused-ring (bicyclic) bond motifs is 1. The molecule has 0 aliphatic carbocycles. The smallest absolute Gasteiger partial charge is 0.420 e. The van der Waals surface area contributed by atoms with E-state index in [4.69, 9.17) is 9.15 Å². The quantitative estimate of drug-likeness (QED) is 0.697. The van der Waals surface area contributed by atoms with Crippen LogP contribution in [0.15, 0.2) is 45.7 Å². The van der Waals surface area contributed by atoms with Crippen molar-refractivity contribution in [3.63, 3.8) is 0 Å². The van der Waals surface area contributed by atoms with E-state index in [0.717, 1.165) is 12.8 Å². The molecule has 0 radical (unpaired) electrons. The van der Waals surface area contributed by atoms with Crippen LogP contribution in [0, 0.1) is 6.92 Å². The maximum absolute atomic E-state index is 12.6. The van der Waals surface area contributed by atoms with Gasteiger partial charge in [0, 0.05) is 38.2 Å². The molecule has 1 saturated heterocycles. The molecule has 0 N–H and O–H groups in total. The Bertz CT molecular complexity index is 1020. The monoisotopic (exact) mass is 368 g/mol. The number of piperidine rings is 1. The fourth-order valence-electron chi connectivity index (χ4n) is 3.29. The average Bonchev–Trinajstić information content (AvgIpc) is 2.98. The van der Waals surface area contributed by atoms with Gasteiger partial charge in [0.05, 0.1) is 5.52 Å². The summed E-state index contributed by atoms with van der Waals surface area (Å²) in [4.78, 5) is 34.7. The number of rotatable bonds is 4. The van der Waals surface area contributed by atoms with Crippen LogP contribution >= 0.6 is 0 Å². The second-order valence-electron chi connectivity index (χ2n) is 6.56. The van der Waals surface area contributed by atoms with Crippen molar-refractivity contribution in [2.45, 2.75) is 32.4 Å². The number of hydrogen-bond donors (Lipinski definition) is 0. The molecule has 140 valence electrons. The fraction of sp³-hybridized carbons (Fsp3) is 0.368. The SMILES string of the molecule is Cc1nccc(OC2CCN(C(=O)Cn3c(=O)oc4ccccc43)CC2)n1. The predicted octanol–water partition coefficient (Wildman–Crippen LogP) is 1.76. The lowest BCUT2D eigenvalue weighted by Crippen LogP contribution is -2.43. The first-order valence-corrected chi connectivity index (χ1v) is 8.92. The zero-order valence-corrected chi connectivity index (χ0v) is 15.0. The van der Waals surface area contributed by atoms with Crippen LogP contribution < -0.4 is 10.5 Å². The number of aryl methyl sites for hydroxylation is 1. The lowest BCUT2D eigenvalue weighted by molar-refractivity contribution is -0.133. The number of ether oxygens (including phenoxy) is 1. The van der Waals surface area contributed by atoms with Gasteiger partial charge in [-0.3, -0.25) is 9.36 Å². The van der Waals surface area contributed by atoms with Crippen LogP contribution in [0.4, 0.5) is 0 Å². The number of amides is 1. The van der Waals surface area contributed by atoms with Gasteiger partial charge in [0.2, 0.25) is 11.8 Å². The van der Waals surface area contributed by atoms with Crippen LogP contribution in [0.2, 0.25) is 0 Å². The maximum atomic E-state index is 12.6. The van der Waals surface area contributed by atoms with E-state index < -0.39 is 5.76 Å². The number of benzene rings is 1. The number of carbonyl (C=O) groups is 1. The molecule has 1 aliphatic rings. The molecule has 1 fully saturated rings. The van der Waals surface area contributed by atoms with Crippen LogP contribution in [-0.2, 0) is 11.3 Å². The third-order valence-corrected chi connectivity index (χ3v) is 4.70. The van der Waals surface area contributed by atoms with E-state index in [1.165, 1.54) is 4.57 Å². The topological polar surface area (TPSA) is 90.5 Å². The molecule has 0 unspecified atom stereocenters. The number of likely N-dealkylation sites (tertiary alicyclic amines) is 1. The van der Waals surface area contributed by atoms with Crippen LogP contribution in [0.25, 0.3) is 11.1 Å². The third kappa shape index (κ3) is 3.69. The first-order valence-electron chi connectivity index (χ1n) is 8.92. The van der Waals surface area contributed by atoms with E-state index in [0.29, 0.717) is 35.9 Å². The summed E-state index contributed by atoms with van der Waals surface area (Å²) in [6.07, 6.45) is 3.12. The Morgan fingerprint density at radius 2 is 2.04 bits per heavy atom. The normalized spacial score (nSPS) is 15.2. The predicted molar refractivity (Wildman–Crippen MR) is 97.5 cm³/mol. The second kappa shape index (κ2) is 7.22. The third-order valence-electron chi connectivity index (χ3n) is 4.70. The maximum Gasteiger partial charge on any atom is 0.420 e. The number of para-hydroxylation sites is 2. The molecule has 27 heavy (non-hydrogen) atoms. The van der Waals surface area contributed by atoms with Crippen LogP contribution in [-0.4, -0.2) is 44.5 Å². The average molecular weight is 368 g/mol. The van der Waals surface area contributed by atoms with Crippen molar-refractivity contribution in [1.29, 1.82) is 0 Å². The summed E-state index contributed by atoms with van der Waals surface area (Å²) in [5.41, 5.74) is 1.12. The van der Waals surface area contributed by atoms with Gasteiger partial charge in [-0.15, -0.1) is 0 Å². The molecule has 0 bridgehead atoms. The molecular weight excluding hydrogens is 348 g/mol.